The number of fused-ring (bicyclic) bond motifs is 2. The molecule has 0 saturated carbocycles. The number of aromatic nitrogens is 1. The van der Waals surface area contributed by atoms with Gasteiger partial charge in [-0.05, 0) is 37.3 Å². The van der Waals surface area contributed by atoms with Crippen LogP contribution in [0.1, 0.15) is 40.2 Å². The van der Waals surface area contributed by atoms with Crippen LogP contribution in [0, 0.1) is 6.92 Å². The summed E-state index contributed by atoms with van der Waals surface area (Å²) in [5.74, 6) is 0.623. The molecule has 244 valence electrons. The van der Waals surface area contributed by atoms with Crippen molar-refractivity contribution in [3.8, 4) is 17.1 Å². The van der Waals surface area contributed by atoms with E-state index in [1.54, 1.807) is 12.1 Å². The van der Waals surface area contributed by atoms with Crippen LogP contribution in [0.5, 0.6) is 5.75 Å². The third-order valence-electron chi connectivity index (χ3n) is 8.76. The summed E-state index contributed by atoms with van der Waals surface area (Å²) in [6.07, 6.45) is 3.61. The van der Waals surface area contributed by atoms with Gasteiger partial charge >= 0.3 is 0 Å². The van der Waals surface area contributed by atoms with E-state index in [9.17, 15) is 21.6 Å². The summed E-state index contributed by atoms with van der Waals surface area (Å²) in [5, 5.41) is 3.21. The van der Waals surface area contributed by atoms with E-state index in [4.69, 9.17) is 9.15 Å². The Bertz CT molecular complexity index is 2040. The summed E-state index contributed by atoms with van der Waals surface area (Å²) in [4.78, 5) is 19.6. The number of benzene rings is 2. The van der Waals surface area contributed by atoms with Crippen molar-refractivity contribution in [2.45, 2.75) is 30.6 Å². The number of sulfonamides is 2. The molecule has 1 fully saturated rings. The number of furan rings is 1. The molecule has 0 aliphatic carbocycles. The Morgan fingerprint density at radius 1 is 1.09 bits per heavy atom. The van der Waals surface area contributed by atoms with E-state index in [1.807, 2.05) is 43.1 Å². The van der Waals surface area contributed by atoms with E-state index >= 15 is 0 Å². The monoisotopic (exact) mass is 667 g/mol. The van der Waals surface area contributed by atoms with Gasteiger partial charge in [0.15, 0.2) is 11.6 Å². The number of anilines is 2. The number of likely N-dealkylation sites (N-methyl/N-ethyl adjacent to an activating group) is 1. The average molecular weight is 668 g/mol. The number of pyridine rings is 1. The molecule has 6 rings (SSSR count). The fourth-order valence-electron chi connectivity index (χ4n) is 6.10. The lowest BCUT2D eigenvalue weighted by Crippen LogP contribution is -2.39. The van der Waals surface area contributed by atoms with E-state index in [-0.39, 0.29) is 23.3 Å². The zero-order valence-electron chi connectivity index (χ0n) is 26.4. The molecule has 0 spiro atoms. The maximum absolute atomic E-state index is 13.9. The van der Waals surface area contributed by atoms with Gasteiger partial charge in [-0.3, -0.25) is 9.10 Å². The molecular formula is C32H37N5O7S2. The van der Waals surface area contributed by atoms with Crippen molar-refractivity contribution >= 4 is 48.4 Å². The predicted molar refractivity (Wildman–Crippen MR) is 177 cm³/mol. The number of carbonyl (C=O) groups is 1. The number of piperidine rings is 1. The van der Waals surface area contributed by atoms with Gasteiger partial charge in [0.25, 0.3) is 5.91 Å². The molecule has 2 aliphatic rings. The molecular weight excluding hydrogens is 631 g/mol. The maximum Gasteiger partial charge on any atom is 0.255 e. The maximum atomic E-state index is 13.9. The van der Waals surface area contributed by atoms with Gasteiger partial charge in [-0.2, -0.15) is 4.31 Å². The molecule has 2 aliphatic heterocycles. The van der Waals surface area contributed by atoms with Crippen LogP contribution in [0.25, 0.3) is 22.3 Å². The van der Waals surface area contributed by atoms with Crippen LogP contribution in [0.2, 0.25) is 0 Å². The summed E-state index contributed by atoms with van der Waals surface area (Å²) in [7, 11) is -2.81. The second kappa shape index (κ2) is 11.9. The number of nitrogens with zero attached hydrogens (tertiary/aromatic N) is 4. The first kappa shape index (κ1) is 31.8. The van der Waals surface area contributed by atoms with Crippen LogP contribution in [0.15, 0.2) is 58.0 Å². The third-order valence-corrected chi connectivity index (χ3v) is 11.8. The zero-order chi connectivity index (χ0) is 33.0. The molecule has 4 heterocycles. The lowest BCUT2D eigenvalue weighted by atomic mass is 9.89. The van der Waals surface area contributed by atoms with Gasteiger partial charge in [0.05, 0.1) is 24.1 Å². The van der Waals surface area contributed by atoms with Crippen LogP contribution >= 0.6 is 0 Å². The van der Waals surface area contributed by atoms with Gasteiger partial charge in [-0.15, -0.1) is 0 Å². The van der Waals surface area contributed by atoms with Crippen molar-refractivity contribution in [3.05, 3.63) is 65.4 Å². The van der Waals surface area contributed by atoms with Crippen molar-refractivity contribution in [2.75, 3.05) is 62.8 Å². The molecule has 4 aromatic rings. The lowest BCUT2D eigenvalue weighted by molar-refractivity contribution is 0.0964. The first-order chi connectivity index (χ1) is 21.8. The smallest absolute Gasteiger partial charge is 0.255 e. The first-order valence-corrected chi connectivity index (χ1v) is 18.3. The van der Waals surface area contributed by atoms with Crippen LogP contribution in [-0.2, 0) is 20.0 Å². The van der Waals surface area contributed by atoms with Crippen molar-refractivity contribution in [1.29, 1.82) is 0 Å². The van der Waals surface area contributed by atoms with Crippen LogP contribution in [0.4, 0.5) is 11.5 Å². The van der Waals surface area contributed by atoms with Crippen LogP contribution in [-0.4, -0.2) is 85.7 Å². The number of carbonyl (C=O) groups excluding carboxylic acids is 1. The van der Waals surface area contributed by atoms with Crippen molar-refractivity contribution in [3.63, 3.8) is 0 Å². The molecule has 1 atom stereocenters. The van der Waals surface area contributed by atoms with E-state index in [2.05, 4.69) is 10.3 Å². The van der Waals surface area contributed by atoms with Gasteiger partial charge in [-0.1, -0.05) is 29.8 Å². The fourth-order valence-corrected chi connectivity index (χ4v) is 8.10. The number of rotatable bonds is 7. The Hall–Kier alpha value is -4.14. The topological polar surface area (TPSA) is 142 Å². The molecule has 1 amide bonds. The van der Waals surface area contributed by atoms with Crippen molar-refractivity contribution < 1.29 is 30.8 Å². The molecule has 1 saturated heterocycles. The second-order valence-corrected chi connectivity index (χ2v) is 15.8. The second-order valence-electron chi connectivity index (χ2n) is 11.9. The number of hydrogen-bond acceptors (Lipinski definition) is 9. The Morgan fingerprint density at radius 3 is 2.52 bits per heavy atom. The average Bonchev–Trinajstić information content (AvgIpc) is 3.41. The quantitative estimate of drug-likeness (QED) is 0.310. The Kier molecular flexibility index (Phi) is 8.23. The van der Waals surface area contributed by atoms with Crippen molar-refractivity contribution in [2.24, 2.45) is 0 Å². The molecule has 0 unspecified atom stereocenters. The molecule has 14 heteroatoms. The number of nitrogens with one attached hydrogen (secondary N) is 1. The summed E-state index contributed by atoms with van der Waals surface area (Å²) in [5.41, 5.74) is 3.37. The number of aryl methyl sites for hydroxylation is 1. The number of hydrogen-bond donors (Lipinski definition) is 1. The van der Waals surface area contributed by atoms with Gasteiger partial charge in [0.2, 0.25) is 20.0 Å². The Balaban J connectivity index is 1.46. The van der Waals surface area contributed by atoms with Gasteiger partial charge in [0.1, 0.15) is 22.8 Å². The van der Waals surface area contributed by atoms with Crippen molar-refractivity contribution in [1.82, 2.24) is 14.6 Å². The minimum absolute atomic E-state index is 0.0330. The van der Waals surface area contributed by atoms with Gasteiger partial charge in [-0.25, -0.2) is 21.8 Å². The Morgan fingerprint density at radius 2 is 1.83 bits per heavy atom. The SMILES string of the molecule is CNC(=O)c1c(-c2ccc(C)cc2)oc2cc(N(C)S(C)(=O)=O)c([C@@H]3CCCN(S(=O)(=O)c4cnc5c(c4)OCCN5C)C3)cc12. The standard InChI is InChI=1S/C32H37N5O7S2/c1-20-8-10-21(11-9-20)30-29(32(38)33-2)25-16-24(26(17-27(25)44-30)36(4)45(5,39)40)22-7-6-12-37(19-22)46(41,42)23-15-28-31(34-18-23)35(3)13-14-43-28/h8-11,15-18,22H,6-7,12-14,19H2,1-5H3,(H,33,38)/t22-/m1/s1. The first-order valence-electron chi connectivity index (χ1n) is 15.0. The lowest BCUT2D eigenvalue weighted by Gasteiger charge is -2.34. The summed E-state index contributed by atoms with van der Waals surface area (Å²) < 4.78 is 68.1. The molecule has 1 N–H and O–H groups in total. The number of ether oxygens (including phenoxy) is 1. The minimum atomic E-state index is -3.96. The Labute approximate surface area is 269 Å². The number of amides is 1. The third kappa shape index (κ3) is 5.69. The van der Waals surface area contributed by atoms with E-state index in [1.165, 1.54) is 35.0 Å². The highest BCUT2D eigenvalue weighted by molar-refractivity contribution is 7.92. The van der Waals surface area contributed by atoms with E-state index in [0.29, 0.717) is 83.2 Å². The minimum Gasteiger partial charge on any atom is -0.488 e. The van der Waals surface area contributed by atoms with Crippen LogP contribution < -0.4 is 19.3 Å². The molecule has 0 bridgehead atoms. The summed E-state index contributed by atoms with van der Waals surface area (Å²) in [6.45, 7) is 3.44. The molecule has 0 radical (unpaired) electrons. The predicted octanol–water partition coefficient (Wildman–Crippen LogP) is 3.96. The normalized spacial score (nSPS) is 17.4. The molecule has 46 heavy (non-hydrogen) atoms. The van der Waals surface area contributed by atoms with Gasteiger partial charge in [0, 0.05) is 63.5 Å². The highest BCUT2D eigenvalue weighted by atomic mass is 32.2. The molecule has 2 aromatic heterocycles. The van der Waals surface area contributed by atoms with Gasteiger partial charge < -0.3 is 19.4 Å². The van der Waals surface area contributed by atoms with E-state index in [0.717, 1.165) is 11.8 Å². The highest BCUT2D eigenvalue weighted by Crippen LogP contribution is 2.43. The molecule has 2 aromatic carbocycles. The largest absolute Gasteiger partial charge is 0.488 e. The molecule has 12 nitrogen and oxygen atoms in total. The van der Waals surface area contributed by atoms with E-state index < -0.39 is 20.0 Å². The fraction of sp³-hybridized carbons (Fsp3) is 0.375. The summed E-state index contributed by atoms with van der Waals surface area (Å²) >= 11 is 0. The summed E-state index contributed by atoms with van der Waals surface area (Å²) in [6, 6.07) is 12.5. The zero-order valence-corrected chi connectivity index (χ0v) is 28.0. The van der Waals surface area contributed by atoms with Crippen LogP contribution in [0.3, 0.4) is 0 Å². The highest BCUT2D eigenvalue weighted by Gasteiger charge is 2.35.